The van der Waals surface area contributed by atoms with Crippen LogP contribution in [0.3, 0.4) is 0 Å². The molecule has 0 aliphatic carbocycles. The number of nitrogens with two attached hydrogens (primary N) is 1. The Morgan fingerprint density at radius 3 is 2.74 bits per heavy atom. The number of hydrogen-bond acceptors (Lipinski definition) is 5. The third-order valence-corrected chi connectivity index (χ3v) is 5.09. The number of rotatable bonds is 1. The topological polar surface area (TPSA) is 75.9 Å². The lowest BCUT2D eigenvalue weighted by atomic mass is 10.1. The minimum Gasteiger partial charge on any atom is -0.367 e. The molecule has 0 aromatic carbocycles. The third-order valence-electron chi connectivity index (χ3n) is 4.39. The Morgan fingerprint density at radius 2 is 2.04 bits per heavy atom. The van der Waals surface area contributed by atoms with Crippen molar-refractivity contribution in [3.05, 3.63) is 22.4 Å². The minimum atomic E-state index is -0.436. The second-order valence-corrected chi connectivity index (χ2v) is 7.14. The smallest absolute Gasteiger partial charge is 0.312 e. The maximum Gasteiger partial charge on any atom is 0.312 e. The molecule has 2 aliphatic rings. The summed E-state index contributed by atoms with van der Waals surface area (Å²) in [6.45, 7) is 3.89. The number of morpholine rings is 1. The Hall–Kier alpha value is -1.44. The van der Waals surface area contributed by atoms with Crippen LogP contribution in [0.2, 0.25) is 0 Å². The lowest BCUT2D eigenvalue weighted by Crippen LogP contribution is -2.54. The van der Waals surface area contributed by atoms with Gasteiger partial charge < -0.3 is 20.3 Å². The van der Waals surface area contributed by atoms with E-state index >= 15 is 0 Å². The highest BCUT2D eigenvalue weighted by Crippen LogP contribution is 2.27. The van der Waals surface area contributed by atoms with Gasteiger partial charge in [-0.3, -0.25) is 9.59 Å². The number of thiophene rings is 1. The summed E-state index contributed by atoms with van der Waals surface area (Å²) in [6.07, 6.45) is 1.52. The van der Waals surface area contributed by atoms with Gasteiger partial charge >= 0.3 is 11.8 Å². The Kier molecular flexibility index (Phi) is 4.99. The second kappa shape index (κ2) is 6.98. The van der Waals surface area contributed by atoms with Crippen LogP contribution in [0.5, 0.6) is 0 Å². The van der Waals surface area contributed by atoms with Crippen molar-refractivity contribution >= 4 is 23.2 Å². The zero-order chi connectivity index (χ0) is 16.4. The summed E-state index contributed by atoms with van der Waals surface area (Å²) in [5.41, 5.74) is 6.97. The number of nitrogens with zero attached hydrogens (tertiary/aromatic N) is 2. The monoisotopic (exact) mass is 337 g/mol. The molecule has 6 nitrogen and oxygen atoms in total. The quantitative estimate of drug-likeness (QED) is 0.775. The first-order valence-corrected chi connectivity index (χ1v) is 9.00. The highest BCUT2D eigenvalue weighted by Gasteiger charge is 2.35. The van der Waals surface area contributed by atoms with Gasteiger partial charge in [-0.1, -0.05) is 0 Å². The molecular formula is C16H23N3O3S. The highest BCUT2D eigenvalue weighted by atomic mass is 32.1. The summed E-state index contributed by atoms with van der Waals surface area (Å²) in [5, 5.41) is 4.02. The molecule has 0 bridgehead atoms. The van der Waals surface area contributed by atoms with E-state index in [1.54, 1.807) is 21.1 Å². The standard InChI is InChI=1S/C16H23N3O3S/c1-11-7-19(9-14(22-11)12-4-6-23-10-12)16(21)15(20)18-5-2-3-13(17)8-18/h4,6,10-11,13-14H,2-3,5,7-9,17H2,1H3/t11?,13-,14?/m1/s1. The number of piperidine rings is 1. The molecule has 0 saturated carbocycles. The van der Waals surface area contributed by atoms with Gasteiger partial charge in [0.1, 0.15) is 6.10 Å². The first-order chi connectivity index (χ1) is 11.0. The fraction of sp³-hybridized carbons (Fsp3) is 0.625. The van der Waals surface area contributed by atoms with E-state index < -0.39 is 11.8 Å². The Morgan fingerprint density at radius 1 is 1.26 bits per heavy atom. The maximum absolute atomic E-state index is 12.6. The lowest BCUT2D eigenvalue weighted by Gasteiger charge is -2.38. The normalized spacial score (nSPS) is 28.7. The summed E-state index contributed by atoms with van der Waals surface area (Å²) in [4.78, 5) is 28.3. The average Bonchev–Trinajstić information content (AvgIpc) is 3.07. The van der Waals surface area contributed by atoms with Gasteiger partial charge in [-0.05, 0) is 42.2 Å². The van der Waals surface area contributed by atoms with Crippen LogP contribution in [0.25, 0.3) is 0 Å². The largest absolute Gasteiger partial charge is 0.367 e. The fourth-order valence-corrected chi connectivity index (χ4v) is 3.93. The predicted molar refractivity (Wildman–Crippen MR) is 88.0 cm³/mol. The van der Waals surface area contributed by atoms with Crippen LogP contribution in [-0.4, -0.2) is 59.9 Å². The van der Waals surface area contributed by atoms with Gasteiger partial charge in [-0.15, -0.1) is 0 Å². The van der Waals surface area contributed by atoms with Gasteiger partial charge in [0, 0.05) is 25.7 Å². The van der Waals surface area contributed by atoms with Crippen molar-refractivity contribution in [1.29, 1.82) is 0 Å². The van der Waals surface area contributed by atoms with E-state index in [-0.39, 0.29) is 18.2 Å². The van der Waals surface area contributed by atoms with E-state index in [0.717, 1.165) is 18.4 Å². The molecule has 3 heterocycles. The minimum absolute atomic E-state index is 0.0253. The van der Waals surface area contributed by atoms with Crippen molar-refractivity contribution in [3.8, 4) is 0 Å². The highest BCUT2D eigenvalue weighted by molar-refractivity contribution is 7.07. The van der Waals surface area contributed by atoms with E-state index in [1.165, 1.54) is 0 Å². The summed E-state index contributed by atoms with van der Waals surface area (Å²) < 4.78 is 5.92. The summed E-state index contributed by atoms with van der Waals surface area (Å²) in [5.74, 6) is -0.868. The molecule has 126 valence electrons. The molecule has 23 heavy (non-hydrogen) atoms. The SMILES string of the molecule is CC1CN(C(=O)C(=O)N2CCC[C@@H](N)C2)CC(c2ccsc2)O1. The van der Waals surface area contributed by atoms with Crippen molar-refractivity contribution in [2.45, 2.75) is 38.0 Å². The van der Waals surface area contributed by atoms with Gasteiger partial charge in [0.2, 0.25) is 0 Å². The van der Waals surface area contributed by atoms with Crippen LogP contribution in [-0.2, 0) is 14.3 Å². The molecule has 1 aromatic rings. The second-order valence-electron chi connectivity index (χ2n) is 6.36. The molecular weight excluding hydrogens is 314 g/mol. The fourth-order valence-electron chi connectivity index (χ4n) is 3.22. The Bertz CT molecular complexity index is 563. The molecule has 2 saturated heterocycles. The van der Waals surface area contributed by atoms with Gasteiger partial charge in [0.25, 0.3) is 0 Å². The van der Waals surface area contributed by atoms with Gasteiger partial charge in [-0.2, -0.15) is 11.3 Å². The molecule has 0 radical (unpaired) electrons. The van der Waals surface area contributed by atoms with E-state index in [9.17, 15) is 9.59 Å². The average molecular weight is 337 g/mol. The first-order valence-electron chi connectivity index (χ1n) is 8.06. The van der Waals surface area contributed by atoms with E-state index in [2.05, 4.69) is 0 Å². The van der Waals surface area contributed by atoms with Gasteiger partial charge in [0.15, 0.2) is 0 Å². The van der Waals surface area contributed by atoms with E-state index in [4.69, 9.17) is 10.5 Å². The zero-order valence-corrected chi connectivity index (χ0v) is 14.1. The molecule has 0 spiro atoms. The first kappa shape index (κ1) is 16.4. The van der Waals surface area contributed by atoms with E-state index in [1.807, 2.05) is 23.8 Å². The van der Waals surface area contributed by atoms with Gasteiger partial charge in [-0.25, -0.2) is 0 Å². The van der Waals surface area contributed by atoms with Crippen molar-refractivity contribution < 1.29 is 14.3 Å². The summed E-state index contributed by atoms with van der Waals surface area (Å²) >= 11 is 1.60. The molecule has 3 rings (SSSR count). The van der Waals surface area contributed by atoms with E-state index in [0.29, 0.717) is 26.2 Å². The Labute approximate surface area is 140 Å². The van der Waals surface area contributed by atoms with Crippen LogP contribution < -0.4 is 5.73 Å². The molecule has 2 aliphatic heterocycles. The summed E-state index contributed by atoms with van der Waals surface area (Å²) in [6, 6.07) is 1.98. The van der Waals surface area contributed by atoms with Gasteiger partial charge in [0.05, 0.1) is 12.6 Å². The van der Waals surface area contributed by atoms with Crippen molar-refractivity contribution in [1.82, 2.24) is 9.80 Å². The number of amides is 2. The number of carbonyl (C=O) groups excluding carboxylic acids is 2. The maximum atomic E-state index is 12.6. The van der Waals surface area contributed by atoms with Crippen molar-refractivity contribution in [3.63, 3.8) is 0 Å². The molecule has 3 atom stereocenters. The van der Waals surface area contributed by atoms with Crippen LogP contribution in [0.1, 0.15) is 31.4 Å². The molecule has 2 N–H and O–H groups in total. The molecule has 2 fully saturated rings. The predicted octanol–water partition coefficient (Wildman–Crippen LogP) is 0.986. The van der Waals surface area contributed by atoms with Crippen LogP contribution in [0.4, 0.5) is 0 Å². The number of likely N-dealkylation sites (tertiary alicyclic amines) is 1. The molecule has 2 unspecified atom stereocenters. The number of hydrogen-bond donors (Lipinski definition) is 1. The van der Waals surface area contributed by atoms with Crippen LogP contribution >= 0.6 is 11.3 Å². The number of carbonyl (C=O) groups is 2. The van der Waals surface area contributed by atoms with Crippen molar-refractivity contribution in [2.24, 2.45) is 5.73 Å². The molecule has 2 amide bonds. The summed E-state index contributed by atoms with van der Waals surface area (Å²) in [7, 11) is 0. The third kappa shape index (κ3) is 3.73. The molecule has 7 heteroatoms. The Balaban J connectivity index is 1.67. The molecule has 1 aromatic heterocycles. The zero-order valence-electron chi connectivity index (χ0n) is 13.3. The van der Waals surface area contributed by atoms with Crippen LogP contribution in [0, 0.1) is 0 Å². The number of ether oxygens (including phenoxy) is 1. The van der Waals surface area contributed by atoms with Crippen LogP contribution in [0.15, 0.2) is 16.8 Å². The lowest BCUT2D eigenvalue weighted by molar-refractivity contribution is -0.159. The van der Waals surface area contributed by atoms with Crippen molar-refractivity contribution in [2.75, 3.05) is 26.2 Å².